The lowest BCUT2D eigenvalue weighted by Gasteiger charge is -2.22. The molecule has 2 aromatic carbocycles. The average Bonchev–Trinajstić information content (AvgIpc) is 2.66. The molecular formula is C20H22ClNO4. The molecule has 0 spiro atoms. The Balaban J connectivity index is 1.60. The Hall–Kier alpha value is -2.40. The Bertz CT molecular complexity index is 793. The summed E-state index contributed by atoms with van der Waals surface area (Å²) in [5, 5.41) is 3.67. The van der Waals surface area contributed by atoms with Crippen LogP contribution in [0, 0.1) is 6.92 Å². The van der Waals surface area contributed by atoms with Crippen molar-refractivity contribution in [2.75, 3.05) is 19.8 Å². The predicted octanol–water partition coefficient (Wildman–Crippen LogP) is 4.07. The molecular weight excluding hydrogens is 354 g/mol. The fraction of sp³-hybridized carbons (Fsp3) is 0.350. The monoisotopic (exact) mass is 375 g/mol. The maximum atomic E-state index is 12.3. The van der Waals surface area contributed by atoms with E-state index in [4.69, 9.17) is 25.8 Å². The number of fused-ring (bicyclic) bond motifs is 1. The highest BCUT2D eigenvalue weighted by atomic mass is 35.5. The normalized spacial score (nSPS) is 13.8. The zero-order valence-corrected chi connectivity index (χ0v) is 15.6. The number of aryl methyl sites for hydroxylation is 1. The standard InChI is InChI=1S/C20H22ClNO4/c1-3-17(14-4-7-18-19(11-14)25-9-8-24-18)22-20(23)12-26-15-5-6-16(21)13(2)10-15/h4-7,10-11,17H,3,8-9,12H2,1-2H3,(H,22,23). The molecule has 1 aliphatic heterocycles. The van der Waals surface area contributed by atoms with Crippen LogP contribution in [0.5, 0.6) is 17.2 Å². The van der Waals surface area contributed by atoms with Crippen LogP contribution in [0.4, 0.5) is 0 Å². The first-order valence-corrected chi connectivity index (χ1v) is 9.02. The third-order valence-electron chi connectivity index (χ3n) is 4.21. The van der Waals surface area contributed by atoms with Gasteiger partial charge in [-0.2, -0.15) is 0 Å². The highest BCUT2D eigenvalue weighted by Crippen LogP contribution is 2.33. The number of ether oxygens (including phenoxy) is 3. The van der Waals surface area contributed by atoms with Gasteiger partial charge in [0.05, 0.1) is 6.04 Å². The van der Waals surface area contributed by atoms with Crippen molar-refractivity contribution in [2.24, 2.45) is 0 Å². The van der Waals surface area contributed by atoms with E-state index in [0.717, 1.165) is 23.3 Å². The molecule has 3 rings (SSSR count). The molecule has 138 valence electrons. The summed E-state index contributed by atoms with van der Waals surface area (Å²) < 4.78 is 16.7. The van der Waals surface area contributed by atoms with Crippen molar-refractivity contribution in [1.82, 2.24) is 5.32 Å². The molecule has 0 saturated carbocycles. The summed E-state index contributed by atoms with van der Waals surface area (Å²) >= 11 is 6.00. The largest absolute Gasteiger partial charge is 0.486 e. The van der Waals surface area contributed by atoms with Gasteiger partial charge in [-0.15, -0.1) is 0 Å². The maximum Gasteiger partial charge on any atom is 0.258 e. The van der Waals surface area contributed by atoms with Crippen molar-refractivity contribution in [3.63, 3.8) is 0 Å². The van der Waals surface area contributed by atoms with Crippen molar-refractivity contribution in [1.29, 1.82) is 0 Å². The summed E-state index contributed by atoms with van der Waals surface area (Å²) in [4.78, 5) is 12.3. The van der Waals surface area contributed by atoms with Crippen LogP contribution >= 0.6 is 11.6 Å². The van der Waals surface area contributed by atoms with Gasteiger partial charge in [0.15, 0.2) is 18.1 Å². The van der Waals surface area contributed by atoms with Gasteiger partial charge in [-0.05, 0) is 54.8 Å². The molecule has 0 aliphatic carbocycles. The zero-order chi connectivity index (χ0) is 18.5. The third-order valence-corrected chi connectivity index (χ3v) is 4.64. The minimum atomic E-state index is -0.181. The lowest BCUT2D eigenvalue weighted by Crippen LogP contribution is -2.32. The first-order chi connectivity index (χ1) is 12.6. The van der Waals surface area contributed by atoms with Crippen LogP contribution in [-0.4, -0.2) is 25.7 Å². The van der Waals surface area contributed by atoms with Crippen molar-refractivity contribution < 1.29 is 19.0 Å². The second-order valence-electron chi connectivity index (χ2n) is 6.13. The van der Waals surface area contributed by atoms with Gasteiger partial charge in [0.2, 0.25) is 0 Å². The van der Waals surface area contributed by atoms with Crippen LogP contribution in [0.25, 0.3) is 0 Å². The summed E-state index contributed by atoms with van der Waals surface area (Å²) in [6.45, 7) is 4.95. The van der Waals surface area contributed by atoms with E-state index in [-0.39, 0.29) is 18.6 Å². The van der Waals surface area contributed by atoms with E-state index in [1.165, 1.54) is 0 Å². The van der Waals surface area contributed by atoms with E-state index in [0.29, 0.717) is 29.7 Å². The first-order valence-electron chi connectivity index (χ1n) is 8.64. The van der Waals surface area contributed by atoms with Gasteiger partial charge in [-0.25, -0.2) is 0 Å². The molecule has 1 amide bonds. The lowest BCUT2D eigenvalue weighted by atomic mass is 10.0. The summed E-state index contributed by atoms with van der Waals surface area (Å²) in [6.07, 6.45) is 0.755. The van der Waals surface area contributed by atoms with Gasteiger partial charge in [-0.1, -0.05) is 24.6 Å². The van der Waals surface area contributed by atoms with Crippen molar-refractivity contribution in [3.05, 3.63) is 52.5 Å². The molecule has 0 saturated heterocycles. The quantitative estimate of drug-likeness (QED) is 0.827. The number of benzene rings is 2. The van der Waals surface area contributed by atoms with Gasteiger partial charge >= 0.3 is 0 Å². The van der Waals surface area contributed by atoms with Gasteiger partial charge in [0.1, 0.15) is 19.0 Å². The highest BCUT2D eigenvalue weighted by Gasteiger charge is 2.18. The van der Waals surface area contributed by atoms with Crippen LogP contribution in [0.1, 0.15) is 30.5 Å². The van der Waals surface area contributed by atoms with E-state index in [9.17, 15) is 4.79 Å². The van der Waals surface area contributed by atoms with Crippen molar-refractivity contribution >= 4 is 17.5 Å². The lowest BCUT2D eigenvalue weighted by molar-refractivity contribution is -0.123. The Labute approximate surface area is 158 Å². The van der Waals surface area contributed by atoms with Crippen LogP contribution in [0.3, 0.4) is 0 Å². The molecule has 1 atom stereocenters. The van der Waals surface area contributed by atoms with E-state index >= 15 is 0 Å². The molecule has 1 heterocycles. The maximum absolute atomic E-state index is 12.3. The Kier molecular flexibility index (Phi) is 5.89. The van der Waals surface area contributed by atoms with Gasteiger partial charge in [0.25, 0.3) is 5.91 Å². The topological polar surface area (TPSA) is 56.8 Å². The second kappa shape index (κ2) is 8.32. The highest BCUT2D eigenvalue weighted by molar-refractivity contribution is 6.31. The molecule has 1 N–H and O–H groups in total. The third kappa shape index (κ3) is 4.41. The Morgan fingerprint density at radius 3 is 2.69 bits per heavy atom. The number of nitrogens with one attached hydrogen (secondary N) is 1. The molecule has 1 aliphatic rings. The molecule has 0 aromatic heterocycles. The SMILES string of the molecule is CCC(NC(=O)COc1ccc(Cl)c(C)c1)c1ccc2c(c1)OCCO2. The summed E-state index contributed by atoms with van der Waals surface area (Å²) in [5.41, 5.74) is 1.89. The number of rotatable bonds is 6. The molecule has 6 heteroatoms. The fourth-order valence-electron chi connectivity index (χ4n) is 2.79. The molecule has 5 nitrogen and oxygen atoms in total. The van der Waals surface area contributed by atoms with E-state index in [1.54, 1.807) is 12.1 Å². The molecule has 0 bridgehead atoms. The molecule has 0 radical (unpaired) electrons. The zero-order valence-electron chi connectivity index (χ0n) is 14.9. The number of carbonyl (C=O) groups is 1. The van der Waals surface area contributed by atoms with Crippen LogP contribution in [0.2, 0.25) is 5.02 Å². The number of amides is 1. The Morgan fingerprint density at radius 2 is 1.96 bits per heavy atom. The summed E-state index contributed by atoms with van der Waals surface area (Å²) in [5.74, 6) is 1.89. The van der Waals surface area contributed by atoms with Crippen molar-refractivity contribution in [2.45, 2.75) is 26.3 Å². The minimum Gasteiger partial charge on any atom is -0.486 e. The average molecular weight is 376 g/mol. The van der Waals surface area contributed by atoms with Crippen LogP contribution in [-0.2, 0) is 4.79 Å². The molecule has 26 heavy (non-hydrogen) atoms. The second-order valence-corrected chi connectivity index (χ2v) is 6.54. The van der Waals surface area contributed by atoms with Gasteiger partial charge in [0, 0.05) is 5.02 Å². The smallest absolute Gasteiger partial charge is 0.258 e. The van der Waals surface area contributed by atoms with E-state index in [2.05, 4.69) is 5.32 Å². The number of hydrogen-bond donors (Lipinski definition) is 1. The van der Waals surface area contributed by atoms with E-state index in [1.807, 2.05) is 38.1 Å². The van der Waals surface area contributed by atoms with Gasteiger partial charge in [-0.3, -0.25) is 4.79 Å². The van der Waals surface area contributed by atoms with E-state index < -0.39 is 0 Å². The molecule has 2 aromatic rings. The Morgan fingerprint density at radius 1 is 1.19 bits per heavy atom. The minimum absolute atomic E-state index is 0.0534. The van der Waals surface area contributed by atoms with Gasteiger partial charge < -0.3 is 19.5 Å². The number of halogens is 1. The number of carbonyl (C=O) groups excluding carboxylic acids is 1. The summed E-state index contributed by atoms with van der Waals surface area (Å²) in [6, 6.07) is 11.0. The number of hydrogen-bond acceptors (Lipinski definition) is 4. The predicted molar refractivity (Wildman–Crippen MR) is 100 cm³/mol. The molecule has 0 fully saturated rings. The fourth-order valence-corrected chi connectivity index (χ4v) is 2.91. The molecule has 1 unspecified atom stereocenters. The van der Waals surface area contributed by atoms with Crippen LogP contribution in [0.15, 0.2) is 36.4 Å². The summed E-state index contributed by atoms with van der Waals surface area (Å²) in [7, 11) is 0. The first kappa shape index (κ1) is 18.4. The van der Waals surface area contributed by atoms with Crippen molar-refractivity contribution in [3.8, 4) is 17.2 Å². The van der Waals surface area contributed by atoms with Crippen LogP contribution < -0.4 is 19.5 Å².